The zero-order valence-electron chi connectivity index (χ0n) is 12.0. The van der Waals surface area contributed by atoms with Gasteiger partial charge in [-0.2, -0.15) is 0 Å². The van der Waals surface area contributed by atoms with Crippen LogP contribution in [-0.2, 0) is 9.53 Å². The summed E-state index contributed by atoms with van der Waals surface area (Å²) < 4.78 is 10.9. The molecule has 1 aliphatic rings. The van der Waals surface area contributed by atoms with Crippen LogP contribution >= 0.6 is 11.6 Å². The first kappa shape index (κ1) is 15.3. The summed E-state index contributed by atoms with van der Waals surface area (Å²) in [7, 11) is 3.09. The molecule has 0 aliphatic heterocycles. The Balaban J connectivity index is 2.73. The summed E-state index contributed by atoms with van der Waals surface area (Å²) >= 11 is 6.46. The lowest BCUT2D eigenvalue weighted by Crippen LogP contribution is -2.26. The number of halogens is 1. The summed E-state index contributed by atoms with van der Waals surface area (Å²) in [5, 5.41) is 8.46. The molecule has 110 valence electrons. The van der Waals surface area contributed by atoms with Crippen LogP contribution in [0.2, 0.25) is 0 Å². The molecule has 0 amide bonds. The monoisotopic (exact) mass is 307 g/mol. The number of hydrogen-bond donors (Lipinski definition) is 1. The molecular weight excluding hydrogens is 292 g/mol. The number of carbonyl (C=O) groups is 1. The third-order valence-corrected chi connectivity index (χ3v) is 3.77. The standard InChI is InChI=1S/C16H15ClO4/c1-9(16(18)19)8-12-13(17)15(21-3)11-7-5-4-6-10(11)14(12)20-2/h4-8,13H,1-3H3/p+1. The van der Waals surface area contributed by atoms with E-state index in [0.29, 0.717) is 17.1 Å². The fraction of sp³-hybridized carbons (Fsp3) is 0.250. The van der Waals surface area contributed by atoms with Crippen LogP contribution in [0.25, 0.3) is 5.76 Å². The van der Waals surface area contributed by atoms with Gasteiger partial charge in [-0.05, 0) is 19.1 Å². The van der Waals surface area contributed by atoms with Crippen molar-refractivity contribution in [2.24, 2.45) is 0 Å². The first-order valence-electron chi connectivity index (χ1n) is 6.35. The second-order valence-electron chi connectivity index (χ2n) is 4.60. The third kappa shape index (κ3) is 2.72. The normalized spacial score (nSPS) is 20.5. The highest BCUT2D eigenvalue weighted by Gasteiger charge is 2.38. The van der Waals surface area contributed by atoms with Crippen LogP contribution in [-0.4, -0.2) is 36.5 Å². The van der Waals surface area contributed by atoms with Crippen molar-refractivity contribution in [2.75, 3.05) is 14.2 Å². The Morgan fingerprint density at radius 2 is 2.00 bits per heavy atom. The summed E-state index contributed by atoms with van der Waals surface area (Å²) in [4.78, 5) is 11.1. The van der Waals surface area contributed by atoms with E-state index in [1.807, 2.05) is 24.3 Å². The summed E-state index contributed by atoms with van der Waals surface area (Å²) in [6, 6.07) is 7.55. The number of aliphatic carboxylic acids is 1. The molecule has 1 atom stereocenters. The predicted molar refractivity (Wildman–Crippen MR) is 81.7 cm³/mol. The molecule has 0 heterocycles. The zero-order valence-corrected chi connectivity index (χ0v) is 12.8. The minimum absolute atomic E-state index is 0.181. The lowest BCUT2D eigenvalue weighted by atomic mass is 9.88. The minimum Gasteiger partial charge on any atom is -0.496 e. The Morgan fingerprint density at radius 1 is 1.38 bits per heavy atom. The van der Waals surface area contributed by atoms with Crippen LogP contribution < -0.4 is 0 Å². The van der Waals surface area contributed by atoms with Gasteiger partial charge in [0.25, 0.3) is 7.11 Å². The number of benzene rings is 1. The molecule has 1 aromatic carbocycles. The van der Waals surface area contributed by atoms with Gasteiger partial charge in [0.15, 0.2) is 5.38 Å². The van der Waals surface area contributed by atoms with Gasteiger partial charge >= 0.3 is 11.8 Å². The third-order valence-electron chi connectivity index (χ3n) is 3.34. The molecule has 0 saturated carbocycles. The maximum absolute atomic E-state index is 11.1. The maximum Gasteiger partial charge on any atom is 0.349 e. The molecule has 0 fully saturated rings. The number of ether oxygens (including phenoxy) is 1. The Bertz CT molecular complexity index is 671. The second-order valence-corrected chi connectivity index (χ2v) is 5.03. The van der Waals surface area contributed by atoms with Gasteiger partial charge in [0, 0.05) is 16.7 Å². The van der Waals surface area contributed by atoms with E-state index in [2.05, 4.69) is 0 Å². The SMILES string of the molecule is COC1=C(C=C(C)C(=O)O)C(Cl)C(=[O+]C)c2ccccc21. The van der Waals surface area contributed by atoms with E-state index in [4.69, 9.17) is 25.9 Å². The molecule has 0 saturated heterocycles. The number of carboxylic acid groups (broad SMARTS) is 1. The van der Waals surface area contributed by atoms with E-state index < -0.39 is 11.3 Å². The van der Waals surface area contributed by atoms with Crippen LogP contribution in [0.5, 0.6) is 0 Å². The molecule has 0 spiro atoms. The lowest BCUT2D eigenvalue weighted by Gasteiger charge is -2.21. The molecule has 1 unspecified atom stereocenters. The molecule has 5 heteroatoms. The quantitative estimate of drug-likeness (QED) is 0.530. The highest BCUT2D eigenvalue weighted by Crippen LogP contribution is 2.35. The van der Waals surface area contributed by atoms with E-state index in [1.165, 1.54) is 20.1 Å². The number of carboxylic acids is 1. The topological polar surface area (TPSA) is 57.8 Å². The van der Waals surface area contributed by atoms with Crippen LogP contribution in [0.3, 0.4) is 0 Å². The van der Waals surface area contributed by atoms with Crippen molar-refractivity contribution in [1.82, 2.24) is 0 Å². The van der Waals surface area contributed by atoms with Gasteiger partial charge in [-0.1, -0.05) is 18.2 Å². The van der Waals surface area contributed by atoms with E-state index in [1.54, 1.807) is 7.11 Å². The van der Waals surface area contributed by atoms with Crippen molar-refractivity contribution >= 4 is 29.1 Å². The van der Waals surface area contributed by atoms with Gasteiger partial charge in [0.2, 0.25) is 0 Å². The molecule has 0 bridgehead atoms. The van der Waals surface area contributed by atoms with Crippen LogP contribution in [0.4, 0.5) is 0 Å². The summed E-state index contributed by atoms with van der Waals surface area (Å²) in [6.45, 7) is 1.51. The molecule has 2 rings (SSSR count). The summed E-state index contributed by atoms with van der Waals surface area (Å²) in [5.41, 5.74) is 2.44. The molecule has 1 aromatic rings. The fourth-order valence-electron chi connectivity index (χ4n) is 2.32. The predicted octanol–water partition coefficient (Wildman–Crippen LogP) is 3.04. The number of rotatable bonds is 3. The first-order chi connectivity index (χ1) is 10.0. The van der Waals surface area contributed by atoms with Gasteiger partial charge in [-0.15, -0.1) is 11.6 Å². The van der Waals surface area contributed by atoms with Gasteiger partial charge in [0.05, 0.1) is 12.7 Å². The zero-order chi connectivity index (χ0) is 15.6. The van der Waals surface area contributed by atoms with Crippen molar-refractivity contribution in [3.63, 3.8) is 0 Å². The number of hydrogen-bond acceptors (Lipinski definition) is 2. The fourth-order valence-corrected chi connectivity index (χ4v) is 2.69. The highest BCUT2D eigenvalue weighted by atomic mass is 35.5. The average molecular weight is 308 g/mol. The molecule has 1 aliphatic carbocycles. The molecular formula is C16H16ClO4+. The minimum atomic E-state index is -1.00. The number of carbonyl (C=O) groups excluding carboxylic acids is 1. The number of fused-ring (bicyclic) bond motifs is 1. The molecule has 4 nitrogen and oxygen atoms in total. The second kappa shape index (κ2) is 6.14. The van der Waals surface area contributed by atoms with Crippen LogP contribution in [0.15, 0.2) is 41.5 Å². The summed E-state index contributed by atoms with van der Waals surface area (Å²) in [6.07, 6.45) is 1.52. The lowest BCUT2D eigenvalue weighted by molar-refractivity contribution is -0.225. The highest BCUT2D eigenvalue weighted by molar-refractivity contribution is 6.38. The Hall–Kier alpha value is -2.07. The first-order valence-corrected chi connectivity index (χ1v) is 6.79. The van der Waals surface area contributed by atoms with E-state index in [-0.39, 0.29) is 5.57 Å². The Labute approximate surface area is 128 Å². The van der Waals surface area contributed by atoms with Gasteiger partial charge in [-0.25, -0.2) is 4.79 Å². The number of allylic oxidation sites excluding steroid dienone is 2. The van der Waals surface area contributed by atoms with E-state index >= 15 is 0 Å². The summed E-state index contributed by atoms with van der Waals surface area (Å²) in [5.74, 6) is 0.143. The Kier molecular flexibility index (Phi) is 4.48. The van der Waals surface area contributed by atoms with E-state index in [9.17, 15) is 4.79 Å². The Morgan fingerprint density at radius 3 is 2.52 bits per heavy atom. The molecule has 0 radical (unpaired) electrons. The van der Waals surface area contributed by atoms with Crippen molar-refractivity contribution in [2.45, 2.75) is 12.3 Å². The average Bonchev–Trinajstić information content (AvgIpc) is 2.48. The van der Waals surface area contributed by atoms with Crippen LogP contribution in [0, 0.1) is 0 Å². The number of alkyl halides is 1. The molecule has 1 N–H and O–H groups in total. The smallest absolute Gasteiger partial charge is 0.349 e. The van der Waals surface area contributed by atoms with Gasteiger partial charge in [-0.3, -0.25) is 4.42 Å². The van der Waals surface area contributed by atoms with Crippen molar-refractivity contribution in [1.29, 1.82) is 0 Å². The van der Waals surface area contributed by atoms with Crippen molar-refractivity contribution in [3.05, 3.63) is 52.6 Å². The number of ketones is 1. The molecule has 0 aromatic heterocycles. The van der Waals surface area contributed by atoms with E-state index in [0.717, 1.165) is 11.1 Å². The van der Waals surface area contributed by atoms with Gasteiger partial charge in [0.1, 0.15) is 5.76 Å². The number of methoxy groups -OCH3 is 1. The maximum atomic E-state index is 11.1. The van der Waals surface area contributed by atoms with Crippen molar-refractivity contribution < 1.29 is 19.1 Å². The van der Waals surface area contributed by atoms with Crippen LogP contribution in [0.1, 0.15) is 22.5 Å². The largest absolute Gasteiger partial charge is 0.496 e. The van der Waals surface area contributed by atoms with Crippen molar-refractivity contribution in [3.8, 4) is 0 Å². The molecule has 21 heavy (non-hydrogen) atoms. The van der Waals surface area contributed by atoms with Gasteiger partial charge < -0.3 is 9.84 Å².